The van der Waals surface area contributed by atoms with E-state index < -0.39 is 21.9 Å². The summed E-state index contributed by atoms with van der Waals surface area (Å²) in [4.78, 5) is 24.5. The molecule has 3 atom stereocenters. The Morgan fingerprint density at radius 1 is 1.19 bits per heavy atom. The van der Waals surface area contributed by atoms with Gasteiger partial charge in [-0.2, -0.15) is 0 Å². The zero-order valence-corrected chi connectivity index (χ0v) is 16.3. The van der Waals surface area contributed by atoms with Crippen LogP contribution in [0.3, 0.4) is 0 Å². The van der Waals surface area contributed by atoms with Gasteiger partial charge >= 0.3 is 5.97 Å². The highest BCUT2D eigenvalue weighted by Crippen LogP contribution is 2.23. The van der Waals surface area contributed by atoms with E-state index in [9.17, 15) is 18.0 Å². The summed E-state index contributed by atoms with van der Waals surface area (Å²) < 4.78 is 27.8. The Kier molecular flexibility index (Phi) is 6.81. The smallest absolute Gasteiger partial charge is 0.338 e. The van der Waals surface area contributed by atoms with E-state index in [1.54, 1.807) is 19.1 Å². The first-order valence-corrected chi connectivity index (χ1v) is 11.0. The van der Waals surface area contributed by atoms with Crippen molar-refractivity contribution >= 4 is 21.7 Å². The van der Waals surface area contributed by atoms with E-state index >= 15 is 0 Å². The van der Waals surface area contributed by atoms with Gasteiger partial charge in [0.05, 0.1) is 11.3 Å². The predicted octanol–water partition coefficient (Wildman–Crippen LogP) is 2.47. The predicted molar refractivity (Wildman–Crippen MR) is 99.4 cm³/mol. The normalized spacial score (nSPS) is 21.7. The Morgan fingerprint density at radius 2 is 1.81 bits per heavy atom. The molecule has 7 heteroatoms. The fourth-order valence-electron chi connectivity index (χ4n) is 3.15. The van der Waals surface area contributed by atoms with Crippen molar-refractivity contribution in [1.29, 1.82) is 0 Å². The van der Waals surface area contributed by atoms with Crippen LogP contribution < -0.4 is 5.32 Å². The van der Waals surface area contributed by atoms with Gasteiger partial charge in [-0.3, -0.25) is 4.79 Å². The molecule has 0 spiro atoms. The quantitative estimate of drug-likeness (QED) is 0.765. The van der Waals surface area contributed by atoms with Gasteiger partial charge in [0.25, 0.3) is 5.91 Å². The number of carbonyl (C=O) groups excluding carboxylic acids is 2. The van der Waals surface area contributed by atoms with Gasteiger partial charge in [-0.25, -0.2) is 13.2 Å². The average Bonchev–Trinajstić information content (AvgIpc) is 2.56. The van der Waals surface area contributed by atoms with E-state index in [2.05, 4.69) is 12.2 Å². The molecule has 1 aromatic carbocycles. The Hall–Kier alpha value is -1.89. The Morgan fingerprint density at radius 3 is 2.38 bits per heavy atom. The van der Waals surface area contributed by atoms with Gasteiger partial charge in [-0.1, -0.05) is 31.9 Å². The summed E-state index contributed by atoms with van der Waals surface area (Å²) in [6.45, 7) is 3.68. The summed E-state index contributed by atoms with van der Waals surface area (Å²) in [5.41, 5.74) is 0.883. The number of ether oxygens (including phenoxy) is 1. The maximum atomic E-state index is 12.3. The highest BCUT2D eigenvalue weighted by Gasteiger charge is 2.26. The minimum atomic E-state index is -3.13. The monoisotopic (exact) mass is 381 g/mol. The molecule has 0 heterocycles. The number of carbonyl (C=O) groups is 2. The third-order valence-electron chi connectivity index (χ3n) is 4.71. The number of rotatable bonds is 6. The highest BCUT2D eigenvalue weighted by atomic mass is 32.2. The van der Waals surface area contributed by atoms with E-state index in [1.165, 1.54) is 18.6 Å². The lowest BCUT2D eigenvalue weighted by molar-refractivity contribution is -0.130. The van der Waals surface area contributed by atoms with Crippen molar-refractivity contribution in [2.45, 2.75) is 57.4 Å². The first kappa shape index (κ1) is 20.4. The lowest BCUT2D eigenvalue weighted by Crippen LogP contribution is -2.45. The van der Waals surface area contributed by atoms with Crippen LogP contribution in [-0.4, -0.2) is 38.7 Å². The number of sulfone groups is 1. The third kappa shape index (κ3) is 6.12. The maximum Gasteiger partial charge on any atom is 0.338 e. The molecule has 1 aromatic rings. The van der Waals surface area contributed by atoms with E-state index in [4.69, 9.17) is 4.74 Å². The summed E-state index contributed by atoms with van der Waals surface area (Å²) in [6.07, 6.45) is 4.61. The number of esters is 1. The second-order valence-corrected chi connectivity index (χ2v) is 9.33. The van der Waals surface area contributed by atoms with Crippen LogP contribution in [0.1, 0.15) is 55.5 Å². The van der Waals surface area contributed by atoms with Gasteiger partial charge in [0.15, 0.2) is 15.9 Å². The zero-order valence-electron chi connectivity index (χ0n) is 15.5. The van der Waals surface area contributed by atoms with Crippen LogP contribution in [0.4, 0.5) is 0 Å². The van der Waals surface area contributed by atoms with Crippen LogP contribution in [0.25, 0.3) is 0 Å². The van der Waals surface area contributed by atoms with Gasteiger partial charge in [0, 0.05) is 12.3 Å². The number of hydrogen-bond donors (Lipinski definition) is 1. The van der Waals surface area contributed by atoms with Crippen molar-refractivity contribution in [2.75, 3.05) is 6.26 Å². The molecule has 1 fully saturated rings. The summed E-state index contributed by atoms with van der Waals surface area (Å²) >= 11 is 0. The van der Waals surface area contributed by atoms with Crippen LogP contribution in [0.5, 0.6) is 0 Å². The maximum absolute atomic E-state index is 12.3. The van der Waals surface area contributed by atoms with Gasteiger partial charge in [-0.05, 0) is 43.4 Å². The topological polar surface area (TPSA) is 89.5 Å². The molecule has 0 bridgehead atoms. The Labute approximate surface area is 155 Å². The lowest BCUT2D eigenvalue weighted by Gasteiger charge is -2.30. The molecule has 1 N–H and O–H groups in total. The van der Waals surface area contributed by atoms with Gasteiger partial charge < -0.3 is 10.1 Å². The van der Waals surface area contributed by atoms with E-state index in [0.29, 0.717) is 11.5 Å². The molecule has 6 nitrogen and oxygen atoms in total. The molecular formula is C19H27NO5S. The second kappa shape index (κ2) is 8.66. The fraction of sp³-hybridized carbons (Fsp3) is 0.579. The molecule has 0 aromatic heterocycles. The van der Waals surface area contributed by atoms with E-state index in [-0.39, 0.29) is 23.3 Å². The van der Waals surface area contributed by atoms with Gasteiger partial charge in [0.1, 0.15) is 0 Å². The standard InChI is InChI=1S/C19H27NO5S/c1-13-6-4-5-7-17(13)20-18(21)14(2)25-19(22)16-10-8-15(9-11-16)12-26(3,23)24/h8-11,13-14,17H,4-7,12H2,1-3H3,(H,20,21)/t13-,14-,17-/m1/s1. The number of amides is 1. The number of nitrogens with one attached hydrogen (secondary N) is 1. The van der Waals surface area contributed by atoms with Crippen LogP contribution in [0.2, 0.25) is 0 Å². The van der Waals surface area contributed by atoms with Gasteiger partial charge in [-0.15, -0.1) is 0 Å². The summed E-state index contributed by atoms with van der Waals surface area (Å²) in [7, 11) is -3.13. The highest BCUT2D eigenvalue weighted by molar-refractivity contribution is 7.89. The van der Waals surface area contributed by atoms with E-state index in [1.807, 2.05) is 0 Å². The molecule has 1 amide bonds. The minimum Gasteiger partial charge on any atom is -0.449 e. The first-order chi connectivity index (χ1) is 12.2. The van der Waals surface area contributed by atoms with E-state index in [0.717, 1.165) is 25.5 Å². The van der Waals surface area contributed by atoms with Crippen molar-refractivity contribution in [2.24, 2.45) is 5.92 Å². The molecule has 1 aliphatic carbocycles. The van der Waals surface area contributed by atoms with Crippen LogP contribution in [-0.2, 0) is 25.1 Å². The first-order valence-electron chi connectivity index (χ1n) is 8.94. The Bertz CT molecular complexity index is 742. The molecule has 2 rings (SSSR count). The summed E-state index contributed by atoms with van der Waals surface area (Å²) in [5.74, 6) is -0.542. The van der Waals surface area contributed by atoms with Crippen molar-refractivity contribution in [3.8, 4) is 0 Å². The fourth-order valence-corrected chi connectivity index (χ4v) is 3.95. The summed E-state index contributed by atoms with van der Waals surface area (Å²) in [5, 5.41) is 2.98. The van der Waals surface area contributed by atoms with Crippen molar-refractivity contribution in [1.82, 2.24) is 5.32 Å². The molecule has 26 heavy (non-hydrogen) atoms. The average molecular weight is 381 g/mol. The van der Waals surface area contributed by atoms with Crippen LogP contribution in [0.15, 0.2) is 24.3 Å². The van der Waals surface area contributed by atoms with Crippen LogP contribution >= 0.6 is 0 Å². The molecule has 1 aliphatic rings. The molecule has 144 valence electrons. The minimum absolute atomic E-state index is 0.0826. The molecule has 0 radical (unpaired) electrons. The molecule has 0 saturated heterocycles. The van der Waals surface area contributed by atoms with Crippen molar-refractivity contribution < 1.29 is 22.7 Å². The summed E-state index contributed by atoms with van der Waals surface area (Å²) in [6, 6.07) is 6.30. The zero-order chi connectivity index (χ0) is 19.3. The second-order valence-electron chi connectivity index (χ2n) is 7.19. The van der Waals surface area contributed by atoms with Crippen molar-refractivity contribution in [3.05, 3.63) is 35.4 Å². The Balaban J connectivity index is 1.90. The SMILES string of the molecule is C[C@@H]1CCCC[C@H]1NC(=O)[C@@H](C)OC(=O)c1ccc(CS(C)(=O)=O)cc1. The third-order valence-corrected chi connectivity index (χ3v) is 5.57. The number of benzene rings is 1. The van der Waals surface area contributed by atoms with Gasteiger partial charge in [0.2, 0.25) is 0 Å². The molecular weight excluding hydrogens is 354 g/mol. The lowest BCUT2D eigenvalue weighted by atomic mass is 9.86. The number of hydrogen-bond acceptors (Lipinski definition) is 5. The molecule has 0 aliphatic heterocycles. The molecule has 1 saturated carbocycles. The van der Waals surface area contributed by atoms with Crippen molar-refractivity contribution in [3.63, 3.8) is 0 Å². The largest absolute Gasteiger partial charge is 0.449 e. The van der Waals surface area contributed by atoms with Crippen LogP contribution in [0, 0.1) is 5.92 Å². The molecule has 0 unspecified atom stereocenters.